The highest BCUT2D eigenvalue weighted by molar-refractivity contribution is 14.0. The van der Waals surface area contributed by atoms with Crippen LogP contribution in [0.25, 0.3) is 10.9 Å². The number of halogens is 1. The van der Waals surface area contributed by atoms with E-state index in [0.717, 1.165) is 44.1 Å². The number of benzene rings is 2. The molecule has 3 N–H and O–H groups in total. The Labute approximate surface area is 220 Å². The first-order valence-electron chi connectivity index (χ1n) is 11.6. The van der Waals surface area contributed by atoms with Gasteiger partial charge in [-0.15, -0.1) is 24.0 Å². The molecule has 0 unspecified atom stereocenters. The summed E-state index contributed by atoms with van der Waals surface area (Å²) in [4.78, 5) is 19.1. The van der Waals surface area contributed by atoms with E-state index >= 15 is 0 Å². The fourth-order valence-corrected chi connectivity index (χ4v) is 3.61. The fraction of sp³-hybridized carbons (Fsp3) is 0.385. The van der Waals surface area contributed by atoms with Crippen molar-refractivity contribution >= 4 is 46.7 Å². The summed E-state index contributed by atoms with van der Waals surface area (Å²) < 4.78 is 2.29. The molecule has 8 heteroatoms. The van der Waals surface area contributed by atoms with Gasteiger partial charge in [-0.05, 0) is 62.7 Å². The topological polar surface area (TPSA) is 73.7 Å². The van der Waals surface area contributed by atoms with E-state index in [1.807, 2.05) is 43.3 Å². The van der Waals surface area contributed by atoms with Crippen LogP contribution in [0.5, 0.6) is 0 Å². The molecule has 0 radical (unpaired) electrons. The van der Waals surface area contributed by atoms with Crippen molar-refractivity contribution in [3.8, 4) is 0 Å². The summed E-state index contributed by atoms with van der Waals surface area (Å²) in [5.41, 5.74) is 2.94. The highest BCUT2D eigenvalue weighted by Crippen LogP contribution is 2.15. The number of aryl methyl sites for hydroxylation is 1. The number of guanidine groups is 1. The van der Waals surface area contributed by atoms with Crippen molar-refractivity contribution in [2.75, 3.05) is 40.3 Å². The number of nitrogens with one attached hydrogen (secondary N) is 3. The Morgan fingerprint density at radius 3 is 2.62 bits per heavy atom. The monoisotopic (exact) mass is 576 g/mol. The number of rotatable bonds is 11. The van der Waals surface area contributed by atoms with Gasteiger partial charge in [0.25, 0.3) is 5.91 Å². The molecule has 1 amide bonds. The van der Waals surface area contributed by atoms with Crippen LogP contribution >= 0.6 is 24.0 Å². The molecule has 184 valence electrons. The van der Waals surface area contributed by atoms with Crippen LogP contribution in [0, 0.1) is 0 Å². The number of hydrogen-bond acceptors (Lipinski definition) is 3. The van der Waals surface area contributed by atoms with Gasteiger partial charge >= 0.3 is 0 Å². The van der Waals surface area contributed by atoms with Crippen molar-refractivity contribution < 1.29 is 4.79 Å². The lowest BCUT2D eigenvalue weighted by atomic mass is 10.1. The van der Waals surface area contributed by atoms with Gasteiger partial charge in [-0.25, -0.2) is 4.99 Å². The van der Waals surface area contributed by atoms with Crippen LogP contribution in [-0.2, 0) is 13.1 Å². The van der Waals surface area contributed by atoms with Gasteiger partial charge in [0.1, 0.15) is 0 Å². The van der Waals surface area contributed by atoms with Gasteiger partial charge in [-0.3, -0.25) is 4.79 Å². The van der Waals surface area contributed by atoms with Gasteiger partial charge in [-0.1, -0.05) is 30.3 Å². The zero-order valence-corrected chi connectivity index (χ0v) is 22.7. The van der Waals surface area contributed by atoms with Gasteiger partial charge in [0.15, 0.2) is 5.96 Å². The summed E-state index contributed by atoms with van der Waals surface area (Å²) in [6, 6.07) is 18.3. The van der Waals surface area contributed by atoms with Crippen LogP contribution in [0.2, 0.25) is 0 Å². The van der Waals surface area contributed by atoms with E-state index in [1.165, 1.54) is 10.9 Å². The van der Waals surface area contributed by atoms with Gasteiger partial charge in [-0.2, -0.15) is 0 Å². The number of likely N-dealkylation sites (N-methyl/N-ethyl adjacent to an activating group) is 1. The Bertz CT molecular complexity index is 1060. The maximum atomic E-state index is 12.4. The van der Waals surface area contributed by atoms with E-state index in [2.05, 4.69) is 64.0 Å². The number of amides is 1. The van der Waals surface area contributed by atoms with Crippen molar-refractivity contribution in [3.05, 3.63) is 71.9 Å². The molecule has 0 bridgehead atoms. The third-order valence-corrected chi connectivity index (χ3v) is 5.35. The number of carbonyl (C=O) groups is 1. The smallest absolute Gasteiger partial charge is 0.251 e. The first-order valence-corrected chi connectivity index (χ1v) is 11.6. The summed E-state index contributed by atoms with van der Waals surface area (Å²) in [7, 11) is 3.98. The average Bonchev–Trinajstić information content (AvgIpc) is 3.23. The van der Waals surface area contributed by atoms with Crippen LogP contribution in [0.1, 0.15) is 29.3 Å². The van der Waals surface area contributed by atoms with E-state index < -0.39 is 0 Å². The van der Waals surface area contributed by atoms with Gasteiger partial charge in [0, 0.05) is 50.0 Å². The molecule has 0 fully saturated rings. The maximum absolute atomic E-state index is 12.4. The number of para-hydroxylation sites is 1. The summed E-state index contributed by atoms with van der Waals surface area (Å²) in [5, 5.41) is 10.9. The third-order valence-electron chi connectivity index (χ3n) is 5.35. The Kier molecular flexibility index (Phi) is 11.9. The molecular formula is C26H37IN6O. The van der Waals surface area contributed by atoms with Crippen molar-refractivity contribution in [1.29, 1.82) is 0 Å². The van der Waals surface area contributed by atoms with E-state index in [4.69, 9.17) is 4.99 Å². The lowest BCUT2D eigenvalue weighted by Crippen LogP contribution is -2.38. The molecular weight excluding hydrogens is 539 g/mol. The van der Waals surface area contributed by atoms with E-state index in [1.54, 1.807) is 0 Å². The van der Waals surface area contributed by atoms with Crippen molar-refractivity contribution in [2.24, 2.45) is 4.99 Å². The molecule has 0 aliphatic carbocycles. The number of fused-ring (bicyclic) bond motifs is 1. The molecule has 3 rings (SSSR count). The van der Waals surface area contributed by atoms with E-state index in [-0.39, 0.29) is 29.9 Å². The number of aliphatic imine (C=N–C) groups is 1. The predicted molar refractivity (Wildman–Crippen MR) is 152 cm³/mol. The van der Waals surface area contributed by atoms with Crippen LogP contribution in [-0.4, -0.2) is 61.6 Å². The molecule has 2 aromatic carbocycles. The fourth-order valence-electron chi connectivity index (χ4n) is 3.61. The largest absolute Gasteiger partial charge is 0.357 e. The first-order chi connectivity index (χ1) is 16.1. The minimum atomic E-state index is -0.0507. The lowest BCUT2D eigenvalue weighted by molar-refractivity contribution is 0.0951. The number of nitrogens with zero attached hydrogens (tertiary/aromatic N) is 3. The SMILES string of the molecule is CCNC(=NCc1cccc(C(=O)NCCN(C)C)c1)NCCCn1ccc2ccccc21.I. The molecule has 0 aliphatic heterocycles. The Morgan fingerprint density at radius 1 is 1.00 bits per heavy atom. The Hall–Kier alpha value is -2.59. The van der Waals surface area contributed by atoms with Gasteiger partial charge in [0.2, 0.25) is 0 Å². The van der Waals surface area contributed by atoms with Crippen LogP contribution in [0.3, 0.4) is 0 Å². The Morgan fingerprint density at radius 2 is 1.82 bits per heavy atom. The summed E-state index contributed by atoms with van der Waals surface area (Å²) in [5.74, 6) is 0.737. The van der Waals surface area contributed by atoms with Crippen LogP contribution in [0.4, 0.5) is 0 Å². The highest BCUT2D eigenvalue weighted by atomic mass is 127. The molecule has 3 aromatic rings. The molecule has 1 aromatic heterocycles. The summed E-state index contributed by atoms with van der Waals surface area (Å²) in [6.45, 7) is 6.58. The highest BCUT2D eigenvalue weighted by Gasteiger charge is 2.06. The molecule has 34 heavy (non-hydrogen) atoms. The van der Waals surface area contributed by atoms with Crippen LogP contribution in [0.15, 0.2) is 65.8 Å². The van der Waals surface area contributed by atoms with Crippen LogP contribution < -0.4 is 16.0 Å². The second-order valence-electron chi connectivity index (χ2n) is 8.30. The molecule has 0 saturated heterocycles. The second kappa shape index (κ2) is 14.6. The molecule has 7 nitrogen and oxygen atoms in total. The standard InChI is InChI=1S/C26H36N6O.HI/c1-4-27-26(29-14-8-16-32-17-13-22-10-5-6-12-24(22)32)30-20-21-9-7-11-23(19-21)25(33)28-15-18-31(2)3;/h5-7,9-13,17,19H,4,8,14-16,18,20H2,1-3H3,(H,28,33)(H2,27,29,30);1H. The zero-order valence-electron chi connectivity index (χ0n) is 20.4. The van der Waals surface area contributed by atoms with Gasteiger partial charge < -0.3 is 25.4 Å². The van der Waals surface area contributed by atoms with Gasteiger partial charge in [0.05, 0.1) is 6.54 Å². The van der Waals surface area contributed by atoms with Crippen molar-refractivity contribution in [1.82, 2.24) is 25.4 Å². The zero-order chi connectivity index (χ0) is 23.5. The minimum Gasteiger partial charge on any atom is -0.357 e. The molecule has 0 spiro atoms. The molecule has 0 saturated carbocycles. The second-order valence-corrected chi connectivity index (χ2v) is 8.30. The molecule has 0 atom stereocenters. The van der Waals surface area contributed by atoms with E-state index in [9.17, 15) is 4.79 Å². The van der Waals surface area contributed by atoms with Crippen molar-refractivity contribution in [2.45, 2.75) is 26.4 Å². The third kappa shape index (κ3) is 8.64. The lowest BCUT2D eigenvalue weighted by Gasteiger charge is -2.12. The predicted octanol–water partition coefficient (Wildman–Crippen LogP) is 3.70. The number of carbonyl (C=O) groups excluding carboxylic acids is 1. The normalized spacial score (nSPS) is 11.4. The number of aromatic nitrogens is 1. The number of hydrogen-bond donors (Lipinski definition) is 3. The van der Waals surface area contributed by atoms with Crippen molar-refractivity contribution in [3.63, 3.8) is 0 Å². The Balaban J connectivity index is 0.00000408. The first kappa shape index (κ1) is 27.7. The molecule has 0 aliphatic rings. The maximum Gasteiger partial charge on any atom is 0.251 e. The minimum absolute atomic E-state index is 0. The quantitative estimate of drug-likeness (QED) is 0.141. The average molecular weight is 577 g/mol. The summed E-state index contributed by atoms with van der Waals surface area (Å²) >= 11 is 0. The van der Waals surface area contributed by atoms with E-state index in [0.29, 0.717) is 18.7 Å². The summed E-state index contributed by atoms with van der Waals surface area (Å²) in [6.07, 6.45) is 3.14. The molecule has 1 heterocycles.